The van der Waals surface area contributed by atoms with Gasteiger partial charge in [-0.05, 0) is 37.1 Å². The van der Waals surface area contributed by atoms with Gasteiger partial charge in [0.05, 0.1) is 32.2 Å². The standard InChI is InChI=1S/C18H24N2O3/c21-18(19-15-6-2-1-3-7-15)14-20(12-16-8-4-10-22-16)13-17-9-5-11-23-17/h4-5,8-11,15H,1-3,6-7,12-14H2,(H,19,21). The van der Waals surface area contributed by atoms with Crippen molar-refractivity contribution in [3.05, 3.63) is 48.3 Å². The Morgan fingerprint density at radius 1 is 1.04 bits per heavy atom. The molecule has 1 N–H and O–H groups in total. The SMILES string of the molecule is O=C(CN(Cc1ccco1)Cc1ccco1)NC1CCCCC1. The first-order chi connectivity index (χ1) is 11.3. The molecule has 0 aliphatic heterocycles. The molecule has 2 heterocycles. The highest BCUT2D eigenvalue weighted by Crippen LogP contribution is 2.17. The zero-order valence-corrected chi connectivity index (χ0v) is 13.4. The van der Waals surface area contributed by atoms with Gasteiger partial charge in [0.2, 0.25) is 5.91 Å². The Bertz CT molecular complexity index is 535. The Balaban J connectivity index is 1.56. The van der Waals surface area contributed by atoms with Crippen molar-refractivity contribution in [2.75, 3.05) is 6.54 Å². The van der Waals surface area contributed by atoms with Gasteiger partial charge in [-0.3, -0.25) is 9.69 Å². The lowest BCUT2D eigenvalue weighted by Crippen LogP contribution is -2.42. The summed E-state index contributed by atoms with van der Waals surface area (Å²) in [6, 6.07) is 7.92. The number of furan rings is 2. The first kappa shape index (κ1) is 15.9. The van der Waals surface area contributed by atoms with Gasteiger partial charge in [0.25, 0.3) is 0 Å². The third kappa shape index (κ3) is 4.99. The highest BCUT2D eigenvalue weighted by atomic mass is 16.3. The topological polar surface area (TPSA) is 58.6 Å². The Labute approximate surface area is 136 Å². The number of carbonyl (C=O) groups excluding carboxylic acids is 1. The zero-order chi connectivity index (χ0) is 15.9. The Morgan fingerprint density at radius 3 is 2.17 bits per heavy atom. The molecule has 5 nitrogen and oxygen atoms in total. The van der Waals surface area contributed by atoms with Crippen molar-refractivity contribution in [3.63, 3.8) is 0 Å². The van der Waals surface area contributed by atoms with Crippen molar-refractivity contribution in [3.8, 4) is 0 Å². The van der Waals surface area contributed by atoms with Crippen LogP contribution < -0.4 is 5.32 Å². The minimum absolute atomic E-state index is 0.0787. The van der Waals surface area contributed by atoms with Gasteiger partial charge in [-0.25, -0.2) is 0 Å². The van der Waals surface area contributed by atoms with Crippen LogP contribution in [0.4, 0.5) is 0 Å². The van der Waals surface area contributed by atoms with Crippen molar-refractivity contribution in [1.82, 2.24) is 10.2 Å². The average molecular weight is 316 g/mol. The van der Waals surface area contributed by atoms with E-state index in [0.717, 1.165) is 24.4 Å². The van der Waals surface area contributed by atoms with Crippen LogP contribution in [0, 0.1) is 0 Å². The fraction of sp³-hybridized carbons (Fsp3) is 0.500. The first-order valence-electron chi connectivity index (χ1n) is 8.36. The zero-order valence-electron chi connectivity index (χ0n) is 13.4. The van der Waals surface area contributed by atoms with Gasteiger partial charge in [0.15, 0.2) is 0 Å². The molecule has 124 valence electrons. The largest absolute Gasteiger partial charge is 0.468 e. The van der Waals surface area contributed by atoms with Gasteiger partial charge in [0.1, 0.15) is 11.5 Å². The van der Waals surface area contributed by atoms with Gasteiger partial charge in [0, 0.05) is 6.04 Å². The molecule has 0 aromatic carbocycles. The molecule has 0 radical (unpaired) electrons. The lowest BCUT2D eigenvalue weighted by atomic mass is 9.95. The minimum atomic E-state index is 0.0787. The predicted octanol–water partition coefficient (Wildman–Crippen LogP) is 3.32. The van der Waals surface area contributed by atoms with Crippen LogP contribution >= 0.6 is 0 Å². The van der Waals surface area contributed by atoms with Crippen LogP contribution in [0.1, 0.15) is 43.6 Å². The molecule has 0 atom stereocenters. The Morgan fingerprint density at radius 2 is 1.65 bits per heavy atom. The highest BCUT2D eigenvalue weighted by Gasteiger charge is 2.19. The van der Waals surface area contributed by atoms with Gasteiger partial charge in [-0.2, -0.15) is 0 Å². The lowest BCUT2D eigenvalue weighted by Gasteiger charge is -2.25. The summed E-state index contributed by atoms with van der Waals surface area (Å²) in [5.74, 6) is 1.78. The maximum absolute atomic E-state index is 12.4. The molecule has 1 amide bonds. The summed E-state index contributed by atoms with van der Waals surface area (Å²) in [5.41, 5.74) is 0. The molecule has 2 aromatic heterocycles. The van der Waals surface area contributed by atoms with E-state index < -0.39 is 0 Å². The molecule has 1 saturated carbocycles. The summed E-state index contributed by atoms with van der Waals surface area (Å²) < 4.78 is 10.8. The molecule has 5 heteroatoms. The summed E-state index contributed by atoms with van der Waals surface area (Å²) in [6.45, 7) is 1.52. The maximum Gasteiger partial charge on any atom is 0.234 e. The number of rotatable bonds is 7. The van der Waals surface area contributed by atoms with Crippen LogP contribution in [0.15, 0.2) is 45.6 Å². The first-order valence-corrected chi connectivity index (χ1v) is 8.36. The predicted molar refractivity (Wildman–Crippen MR) is 86.5 cm³/mol. The van der Waals surface area contributed by atoms with Crippen LogP contribution in [-0.2, 0) is 17.9 Å². The fourth-order valence-electron chi connectivity index (χ4n) is 3.14. The van der Waals surface area contributed by atoms with Crippen LogP contribution in [0.2, 0.25) is 0 Å². The van der Waals surface area contributed by atoms with Crippen LogP contribution in [0.25, 0.3) is 0 Å². The quantitative estimate of drug-likeness (QED) is 0.851. The molecule has 0 bridgehead atoms. The molecular weight excluding hydrogens is 292 g/mol. The molecule has 1 aliphatic rings. The summed E-state index contributed by atoms with van der Waals surface area (Å²) in [7, 11) is 0. The summed E-state index contributed by atoms with van der Waals surface area (Å²) in [4.78, 5) is 14.4. The highest BCUT2D eigenvalue weighted by molar-refractivity contribution is 5.78. The molecule has 1 fully saturated rings. The molecule has 3 rings (SSSR count). The summed E-state index contributed by atoms with van der Waals surface area (Å²) in [5, 5.41) is 3.17. The molecule has 0 spiro atoms. The van der Waals surface area contributed by atoms with Crippen LogP contribution in [-0.4, -0.2) is 23.4 Å². The second kappa shape index (κ2) is 8.02. The number of hydrogen-bond acceptors (Lipinski definition) is 4. The van der Waals surface area contributed by atoms with E-state index in [-0.39, 0.29) is 5.91 Å². The van der Waals surface area contributed by atoms with E-state index in [1.165, 1.54) is 19.3 Å². The number of nitrogens with one attached hydrogen (secondary N) is 1. The van der Waals surface area contributed by atoms with Crippen molar-refractivity contribution >= 4 is 5.91 Å². The van der Waals surface area contributed by atoms with Crippen molar-refractivity contribution in [2.45, 2.75) is 51.2 Å². The molecular formula is C18H24N2O3. The summed E-state index contributed by atoms with van der Waals surface area (Å²) in [6.07, 6.45) is 9.23. The second-order valence-corrected chi connectivity index (χ2v) is 6.21. The number of carbonyl (C=O) groups is 1. The monoisotopic (exact) mass is 316 g/mol. The normalized spacial score (nSPS) is 15.9. The Kier molecular flexibility index (Phi) is 5.53. The number of nitrogens with zero attached hydrogens (tertiary/aromatic N) is 1. The molecule has 0 unspecified atom stereocenters. The van der Waals surface area contributed by atoms with E-state index in [2.05, 4.69) is 5.32 Å². The van der Waals surface area contributed by atoms with Crippen LogP contribution in [0.5, 0.6) is 0 Å². The van der Waals surface area contributed by atoms with E-state index in [4.69, 9.17) is 8.83 Å². The molecule has 1 aliphatic carbocycles. The average Bonchev–Trinajstić information content (AvgIpc) is 3.22. The number of amides is 1. The molecule has 0 saturated heterocycles. The molecule has 23 heavy (non-hydrogen) atoms. The third-order valence-corrected chi connectivity index (χ3v) is 4.26. The second-order valence-electron chi connectivity index (χ2n) is 6.21. The van der Waals surface area contributed by atoms with Gasteiger partial charge in [-0.15, -0.1) is 0 Å². The van der Waals surface area contributed by atoms with Crippen molar-refractivity contribution in [1.29, 1.82) is 0 Å². The van der Waals surface area contributed by atoms with Crippen molar-refractivity contribution in [2.24, 2.45) is 0 Å². The van der Waals surface area contributed by atoms with Gasteiger partial charge in [-0.1, -0.05) is 19.3 Å². The van der Waals surface area contributed by atoms with Gasteiger partial charge >= 0.3 is 0 Å². The van der Waals surface area contributed by atoms with Crippen LogP contribution in [0.3, 0.4) is 0 Å². The van der Waals surface area contributed by atoms with E-state index in [1.54, 1.807) is 12.5 Å². The smallest absolute Gasteiger partial charge is 0.234 e. The van der Waals surface area contributed by atoms with Crippen molar-refractivity contribution < 1.29 is 13.6 Å². The van der Waals surface area contributed by atoms with E-state index in [1.807, 2.05) is 29.2 Å². The maximum atomic E-state index is 12.4. The molecule has 2 aromatic rings. The summed E-state index contributed by atoms with van der Waals surface area (Å²) >= 11 is 0. The number of hydrogen-bond donors (Lipinski definition) is 1. The van der Waals surface area contributed by atoms with Gasteiger partial charge < -0.3 is 14.2 Å². The minimum Gasteiger partial charge on any atom is -0.468 e. The lowest BCUT2D eigenvalue weighted by molar-refractivity contribution is -0.123. The Hall–Kier alpha value is -2.01. The van der Waals surface area contributed by atoms with E-state index in [0.29, 0.717) is 25.7 Å². The van der Waals surface area contributed by atoms with E-state index in [9.17, 15) is 4.79 Å². The fourth-order valence-corrected chi connectivity index (χ4v) is 3.14. The third-order valence-electron chi connectivity index (χ3n) is 4.26. The van der Waals surface area contributed by atoms with E-state index >= 15 is 0 Å².